The van der Waals surface area contributed by atoms with Gasteiger partial charge in [-0.15, -0.1) is 0 Å². The van der Waals surface area contributed by atoms with Crippen molar-refractivity contribution in [3.8, 4) is 0 Å². The maximum absolute atomic E-state index is 13.9. The second-order valence-electron chi connectivity index (χ2n) is 12.9. The standard InChI is InChI=1S/C35H52F2N4O4/c1-5-6-7-8-10-13-24(2)34(44)45-32(30(39)18-25-14-11-9-12-15-25)33(43)41-23-35(3,4)22-40-31(42)21-28(38)20-26-19-27(36)16-17-29(26)37/h9,11-12,14-17,19,24,28,30,32H,5-8,10,13,18,20-23,38-39H2,1-4H3,(H,40,42)(H,41,43). The molecule has 2 rings (SSSR count). The van der Waals surface area contributed by atoms with Crippen LogP contribution in [0, 0.1) is 23.0 Å². The van der Waals surface area contributed by atoms with Gasteiger partial charge in [0.2, 0.25) is 5.91 Å². The van der Waals surface area contributed by atoms with E-state index in [1.165, 1.54) is 6.42 Å². The van der Waals surface area contributed by atoms with Gasteiger partial charge in [0, 0.05) is 25.6 Å². The highest BCUT2D eigenvalue weighted by Gasteiger charge is 2.32. The first-order valence-corrected chi connectivity index (χ1v) is 16.0. The summed E-state index contributed by atoms with van der Waals surface area (Å²) in [6.45, 7) is 8.07. The second kappa shape index (κ2) is 19.2. The number of nitrogens with one attached hydrogen (secondary N) is 2. The van der Waals surface area contributed by atoms with E-state index in [0.717, 1.165) is 49.4 Å². The van der Waals surface area contributed by atoms with Gasteiger partial charge in [0.1, 0.15) is 11.6 Å². The van der Waals surface area contributed by atoms with Gasteiger partial charge in [0.05, 0.1) is 12.0 Å². The molecule has 4 atom stereocenters. The van der Waals surface area contributed by atoms with Crippen molar-refractivity contribution in [2.45, 2.75) is 104 Å². The average Bonchev–Trinajstić information content (AvgIpc) is 2.99. The topological polar surface area (TPSA) is 137 Å². The van der Waals surface area contributed by atoms with Crippen LogP contribution in [-0.4, -0.2) is 49.1 Å². The van der Waals surface area contributed by atoms with Crippen LogP contribution in [0.3, 0.4) is 0 Å². The fourth-order valence-corrected chi connectivity index (χ4v) is 4.93. The molecule has 0 bridgehead atoms. The van der Waals surface area contributed by atoms with Crippen LogP contribution >= 0.6 is 0 Å². The van der Waals surface area contributed by atoms with Gasteiger partial charge in [0.15, 0.2) is 6.10 Å². The predicted molar refractivity (Wildman–Crippen MR) is 173 cm³/mol. The van der Waals surface area contributed by atoms with E-state index in [1.54, 1.807) is 0 Å². The second-order valence-corrected chi connectivity index (χ2v) is 12.9. The van der Waals surface area contributed by atoms with E-state index in [1.807, 2.05) is 51.1 Å². The molecule has 0 saturated heterocycles. The summed E-state index contributed by atoms with van der Waals surface area (Å²) in [5.41, 5.74) is 12.9. The fourth-order valence-electron chi connectivity index (χ4n) is 4.93. The van der Waals surface area contributed by atoms with Crippen LogP contribution in [0.25, 0.3) is 0 Å². The van der Waals surface area contributed by atoms with Crippen molar-refractivity contribution >= 4 is 17.8 Å². The number of rotatable bonds is 20. The van der Waals surface area contributed by atoms with Crippen LogP contribution in [-0.2, 0) is 32.0 Å². The predicted octanol–water partition coefficient (Wildman–Crippen LogP) is 4.96. The summed E-state index contributed by atoms with van der Waals surface area (Å²) in [6.07, 6.45) is 5.16. The van der Waals surface area contributed by atoms with Crippen LogP contribution in [0.4, 0.5) is 8.78 Å². The van der Waals surface area contributed by atoms with Crippen LogP contribution in [0.15, 0.2) is 48.5 Å². The molecule has 2 aromatic carbocycles. The summed E-state index contributed by atoms with van der Waals surface area (Å²) in [6, 6.07) is 11.1. The van der Waals surface area contributed by atoms with E-state index in [2.05, 4.69) is 17.6 Å². The molecular formula is C35H52F2N4O4. The number of nitrogens with two attached hydrogens (primary N) is 2. The Hall–Kier alpha value is -3.37. The van der Waals surface area contributed by atoms with Crippen LogP contribution < -0.4 is 22.1 Å². The third kappa shape index (κ3) is 14.5. The summed E-state index contributed by atoms with van der Waals surface area (Å²) in [7, 11) is 0. The van der Waals surface area contributed by atoms with Crippen LogP contribution in [0.2, 0.25) is 0 Å². The molecule has 0 saturated carbocycles. The lowest BCUT2D eigenvalue weighted by Crippen LogP contribution is -2.52. The Balaban J connectivity index is 1.93. The number of unbranched alkanes of at least 4 members (excludes halogenated alkanes) is 4. The number of ether oxygens (including phenoxy) is 1. The average molecular weight is 631 g/mol. The SMILES string of the molecule is CCCCCCCC(C)C(=O)OC(C(=O)NCC(C)(C)CNC(=O)CC(N)Cc1cc(F)ccc1F)C(N)Cc1ccccc1. The van der Waals surface area contributed by atoms with Crippen molar-refractivity contribution in [1.82, 2.24) is 10.6 Å². The van der Waals surface area contributed by atoms with Crippen molar-refractivity contribution in [2.24, 2.45) is 22.8 Å². The minimum Gasteiger partial charge on any atom is -0.450 e. The Morgan fingerprint density at radius 2 is 1.58 bits per heavy atom. The van der Waals surface area contributed by atoms with Crippen molar-refractivity contribution in [1.29, 1.82) is 0 Å². The largest absolute Gasteiger partial charge is 0.450 e. The summed E-state index contributed by atoms with van der Waals surface area (Å²) >= 11 is 0. The first kappa shape index (κ1) is 37.8. The van der Waals surface area contributed by atoms with Gasteiger partial charge in [0.25, 0.3) is 5.91 Å². The van der Waals surface area contributed by atoms with E-state index in [-0.39, 0.29) is 43.3 Å². The van der Waals surface area contributed by atoms with Crippen molar-refractivity contribution in [3.63, 3.8) is 0 Å². The van der Waals surface area contributed by atoms with Gasteiger partial charge in [-0.3, -0.25) is 14.4 Å². The molecule has 0 spiro atoms. The molecular weight excluding hydrogens is 578 g/mol. The number of carbonyl (C=O) groups is 3. The van der Waals surface area contributed by atoms with Gasteiger partial charge in [-0.2, -0.15) is 0 Å². The highest BCUT2D eigenvalue weighted by atomic mass is 19.1. The highest BCUT2D eigenvalue weighted by molar-refractivity contribution is 5.85. The molecule has 0 aromatic heterocycles. The molecule has 2 amide bonds. The Morgan fingerprint density at radius 3 is 2.27 bits per heavy atom. The van der Waals surface area contributed by atoms with E-state index < -0.39 is 47.1 Å². The van der Waals surface area contributed by atoms with Crippen molar-refractivity contribution < 1.29 is 27.9 Å². The fraction of sp³-hybridized carbons (Fsp3) is 0.571. The van der Waals surface area contributed by atoms with E-state index >= 15 is 0 Å². The Bertz CT molecular complexity index is 1210. The molecule has 10 heteroatoms. The molecule has 0 aliphatic heterocycles. The lowest BCUT2D eigenvalue weighted by Gasteiger charge is -2.29. The van der Waals surface area contributed by atoms with Gasteiger partial charge in [-0.05, 0) is 54.0 Å². The Morgan fingerprint density at radius 1 is 0.911 bits per heavy atom. The number of amides is 2. The molecule has 0 heterocycles. The number of hydrogen-bond donors (Lipinski definition) is 4. The summed E-state index contributed by atoms with van der Waals surface area (Å²) in [5.74, 6) is -2.80. The van der Waals surface area contributed by atoms with Crippen molar-refractivity contribution in [3.05, 3.63) is 71.3 Å². The van der Waals surface area contributed by atoms with E-state index in [0.29, 0.717) is 12.8 Å². The summed E-state index contributed by atoms with van der Waals surface area (Å²) in [5, 5.41) is 5.66. The lowest BCUT2D eigenvalue weighted by atomic mass is 9.92. The third-order valence-electron chi connectivity index (χ3n) is 7.79. The molecule has 45 heavy (non-hydrogen) atoms. The zero-order valence-electron chi connectivity index (χ0n) is 27.3. The van der Waals surface area contributed by atoms with E-state index in [9.17, 15) is 23.2 Å². The first-order valence-electron chi connectivity index (χ1n) is 16.0. The first-order chi connectivity index (χ1) is 21.3. The molecule has 0 radical (unpaired) electrons. The normalized spacial score (nSPS) is 14.2. The van der Waals surface area contributed by atoms with Crippen LogP contribution in [0.1, 0.15) is 83.8 Å². The molecule has 6 N–H and O–H groups in total. The van der Waals surface area contributed by atoms with Gasteiger partial charge < -0.3 is 26.8 Å². The number of halogens is 2. The maximum atomic E-state index is 13.9. The minimum absolute atomic E-state index is 0.0112. The van der Waals surface area contributed by atoms with Crippen molar-refractivity contribution in [2.75, 3.05) is 13.1 Å². The molecule has 8 nitrogen and oxygen atoms in total. The van der Waals surface area contributed by atoms with E-state index in [4.69, 9.17) is 16.2 Å². The maximum Gasteiger partial charge on any atom is 0.309 e. The zero-order valence-corrected chi connectivity index (χ0v) is 27.3. The Kier molecular flexibility index (Phi) is 16.1. The number of carbonyl (C=O) groups excluding carboxylic acids is 3. The molecule has 0 fully saturated rings. The molecule has 250 valence electrons. The van der Waals surface area contributed by atoms with Gasteiger partial charge in [-0.1, -0.05) is 90.1 Å². The Labute approximate surface area is 267 Å². The van der Waals surface area contributed by atoms with Gasteiger partial charge in [-0.25, -0.2) is 8.78 Å². The summed E-state index contributed by atoms with van der Waals surface area (Å²) in [4.78, 5) is 38.9. The smallest absolute Gasteiger partial charge is 0.309 e. The molecule has 2 aromatic rings. The quantitative estimate of drug-likeness (QED) is 0.121. The molecule has 0 aliphatic rings. The number of hydrogen-bond acceptors (Lipinski definition) is 6. The van der Waals surface area contributed by atoms with Gasteiger partial charge >= 0.3 is 5.97 Å². The molecule has 0 aliphatic carbocycles. The summed E-state index contributed by atoms with van der Waals surface area (Å²) < 4.78 is 33.2. The minimum atomic E-state index is -1.19. The monoisotopic (exact) mass is 630 g/mol. The number of esters is 1. The molecule has 4 unspecified atom stereocenters. The van der Waals surface area contributed by atoms with Crippen LogP contribution in [0.5, 0.6) is 0 Å². The number of benzene rings is 2. The zero-order chi connectivity index (χ0) is 33.4. The third-order valence-corrected chi connectivity index (χ3v) is 7.79. The highest BCUT2D eigenvalue weighted by Crippen LogP contribution is 2.18. The lowest BCUT2D eigenvalue weighted by molar-refractivity contribution is -0.161.